The fourth-order valence-electron chi connectivity index (χ4n) is 1.62. The summed E-state index contributed by atoms with van der Waals surface area (Å²) in [4.78, 5) is 0. The highest BCUT2D eigenvalue weighted by atomic mass is 35.7. The van der Waals surface area contributed by atoms with Crippen molar-refractivity contribution in [3.8, 4) is 0 Å². The Labute approximate surface area is 115 Å². The smallest absolute Gasteiger partial charge is 0.313 e. The van der Waals surface area contributed by atoms with Crippen LogP contribution in [0.3, 0.4) is 0 Å². The van der Waals surface area contributed by atoms with Gasteiger partial charge in [0.25, 0.3) is 0 Å². The van der Waals surface area contributed by atoms with Crippen LogP contribution in [0.5, 0.6) is 0 Å². The second-order valence-corrected chi connectivity index (χ2v) is 6.38. The number of piperidine rings is 1. The molecule has 1 aromatic heterocycles. The third-order valence-electron chi connectivity index (χ3n) is 2.43. The Bertz CT molecular complexity index is 381. The van der Waals surface area contributed by atoms with Gasteiger partial charge in [0, 0.05) is 30.7 Å². The molecule has 0 aromatic carbocycles. The number of hydrogen-bond donors (Lipinski definition) is 0. The largest absolute Gasteiger partial charge is 0.381 e. The first-order chi connectivity index (χ1) is 8.40. The van der Waals surface area contributed by atoms with Crippen LogP contribution in [0.2, 0.25) is 0 Å². The van der Waals surface area contributed by atoms with Crippen LogP contribution in [0.1, 0.15) is 12.8 Å². The maximum atomic E-state index is 8.49. The summed E-state index contributed by atoms with van der Waals surface area (Å²) in [5.74, 6) is 0. The fourth-order valence-corrected chi connectivity index (χ4v) is 3.52. The first kappa shape index (κ1) is 16.0. The molecule has 0 atom stereocenters. The molecule has 0 radical (unpaired) electrons. The quantitative estimate of drug-likeness (QED) is 0.503. The second kappa shape index (κ2) is 7.51. The molecule has 0 saturated carbocycles. The van der Waals surface area contributed by atoms with E-state index < -0.39 is 10.2 Å². The van der Waals surface area contributed by atoms with Crippen LogP contribution >= 0.6 is 22.7 Å². The van der Waals surface area contributed by atoms with Gasteiger partial charge in [0.2, 0.25) is 0 Å². The molecule has 0 N–H and O–H groups in total. The van der Waals surface area contributed by atoms with Gasteiger partial charge in [0.05, 0.1) is 6.10 Å². The molecule has 1 aliphatic rings. The van der Waals surface area contributed by atoms with Crippen LogP contribution < -0.4 is 27.2 Å². The van der Waals surface area contributed by atoms with Crippen LogP contribution in [0.4, 0.5) is 0 Å². The van der Waals surface area contributed by atoms with Gasteiger partial charge in [-0.2, -0.15) is 0 Å². The summed E-state index contributed by atoms with van der Waals surface area (Å²) in [5.41, 5.74) is 0. The van der Waals surface area contributed by atoms with Crippen LogP contribution in [0.15, 0.2) is 10.8 Å². The minimum absolute atomic E-state index is 0.487. The summed E-state index contributed by atoms with van der Waals surface area (Å²) in [7, 11) is -3.13. The predicted octanol–water partition coefficient (Wildman–Crippen LogP) is -3.37. The maximum Gasteiger partial charge on any atom is 0.313 e. The number of hydrogen-bond acceptors (Lipinski definition) is 7. The van der Waals surface area contributed by atoms with E-state index in [4.69, 9.17) is 23.4 Å². The highest BCUT2D eigenvalue weighted by Gasteiger charge is 2.21. The molecular formula is C9H14ClNO5S2. The summed E-state index contributed by atoms with van der Waals surface area (Å²) < 4.78 is 43.2. The number of methoxy groups -OCH3 is 1. The van der Waals surface area contributed by atoms with E-state index in [1.54, 1.807) is 0 Å². The second-order valence-electron chi connectivity index (χ2n) is 3.57. The normalized spacial score (nSPS) is 20.3. The van der Waals surface area contributed by atoms with Crippen LogP contribution in [0, 0.1) is 10.2 Å². The monoisotopic (exact) mass is 315 g/mol. The van der Waals surface area contributed by atoms with E-state index in [1.807, 2.05) is 29.8 Å². The molecular weight excluding hydrogens is 302 g/mol. The van der Waals surface area contributed by atoms with Gasteiger partial charge in [-0.15, -0.1) is 10.2 Å². The van der Waals surface area contributed by atoms with Gasteiger partial charge in [-0.25, -0.2) is 23.2 Å². The summed E-state index contributed by atoms with van der Waals surface area (Å²) >= 11 is 3.68. The molecule has 1 fully saturated rings. The standard InChI is InChI=1S/C9H14NOS2.ClHO4/c1-11-8-2-4-10(5-3-8)9-12-6-7-13-9;2-1(3,4)5/h6-8H,2-5H2,1H3;(H,2,3,4,5)/q+1;/p-1. The topological polar surface area (TPSA) is 104 Å². The zero-order valence-corrected chi connectivity index (χ0v) is 12.1. The summed E-state index contributed by atoms with van der Waals surface area (Å²) in [5, 5.41) is 4.31. The number of halogens is 1. The molecule has 9 heteroatoms. The maximum absolute atomic E-state index is 8.49. The minimum atomic E-state index is -4.94. The van der Waals surface area contributed by atoms with Crippen LogP contribution in [-0.2, 0) is 4.74 Å². The first-order valence-corrected chi connectivity index (χ1v) is 8.14. The van der Waals surface area contributed by atoms with E-state index in [2.05, 4.69) is 15.3 Å². The van der Waals surface area contributed by atoms with Gasteiger partial charge in [-0.1, -0.05) is 22.7 Å². The molecule has 6 nitrogen and oxygen atoms in total. The molecule has 0 unspecified atom stereocenters. The average Bonchev–Trinajstić information content (AvgIpc) is 2.80. The van der Waals surface area contributed by atoms with E-state index in [-0.39, 0.29) is 0 Å². The van der Waals surface area contributed by atoms with E-state index in [9.17, 15) is 0 Å². The van der Waals surface area contributed by atoms with Crippen molar-refractivity contribution < 1.29 is 33.6 Å². The fraction of sp³-hybridized carbons (Fsp3) is 0.667. The van der Waals surface area contributed by atoms with Gasteiger partial charge in [-0.05, 0) is 0 Å². The van der Waals surface area contributed by atoms with Crippen molar-refractivity contribution in [1.82, 2.24) is 4.58 Å². The van der Waals surface area contributed by atoms with Gasteiger partial charge in [-0.3, -0.25) is 0 Å². The SMILES string of the molecule is COC1CC[N+](=c2sccs2)CC1.[O-][Cl+3]([O-])([O-])[O-]. The van der Waals surface area contributed by atoms with E-state index in [0.717, 1.165) is 13.1 Å². The Kier molecular flexibility index (Phi) is 6.67. The lowest BCUT2D eigenvalue weighted by molar-refractivity contribution is -2.00. The third kappa shape index (κ3) is 6.76. The summed E-state index contributed by atoms with van der Waals surface area (Å²) in [6.07, 6.45) is 2.82. The van der Waals surface area contributed by atoms with Crippen molar-refractivity contribution in [2.75, 3.05) is 20.2 Å². The number of nitrogens with zero attached hydrogens (tertiary/aromatic N) is 1. The van der Waals surface area contributed by atoms with Crippen molar-refractivity contribution in [1.29, 1.82) is 0 Å². The van der Waals surface area contributed by atoms with Gasteiger partial charge >= 0.3 is 3.98 Å². The van der Waals surface area contributed by atoms with E-state index in [0.29, 0.717) is 6.10 Å². The van der Waals surface area contributed by atoms with E-state index in [1.165, 1.54) is 16.8 Å². The molecule has 1 aromatic rings. The van der Waals surface area contributed by atoms with Crippen molar-refractivity contribution >= 4 is 22.7 Å². The minimum Gasteiger partial charge on any atom is -0.381 e. The van der Waals surface area contributed by atoms with Crippen LogP contribution in [-0.4, -0.2) is 26.3 Å². The highest BCUT2D eigenvalue weighted by molar-refractivity contribution is 7.24. The Morgan fingerprint density at radius 3 is 2.00 bits per heavy atom. The lowest BCUT2D eigenvalue weighted by Crippen LogP contribution is -2.68. The Balaban J connectivity index is 0.000000280. The number of ether oxygens (including phenoxy) is 1. The van der Waals surface area contributed by atoms with Crippen molar-refractivity contribution in [3.63, 3.8) is 0 Å². The lowest BCUT2D eigenvalue weighted by Gasteiger charge is -2.18. The molecule has 2 heterocycles. The Hall–Kier alpha value is -0.0600. The van der Waals surface area contributed by atoms with Crippen LogP contribution in [0.25, 0.3) is 0 Å². The highest BCUT2D eigenvalue weighted by Crippen LogP contribution is 2.08. The third-order valence-corrected chi connectivity index (χ3v) is 4.64. The summed E-state index contributed by atoms with van der Waals surface area (Å²) in [6, 6.07) is 0. The van der Waals surface area contributed by atoms with Crippen molar-refractivity contribution in [2.24, 2.45) is 0 Å². The van der Waals surface area contributed by atoms with Gasteiger partial charge < -0.3 is 4.74 Å². The molecule has 104 valence electrons. The summed E-state index contributed by atoms with van der Waals surface area (Å²) in [6.45, 7) is 2.30. The predicted molar refractivity (Wildman–Crippen MR) is 57.2 cm³/mol. The average molecular weight is 316 g/mol. The lowest BCUT2D eigenvalue weighted by atomic mass is 10.1. The number of rotatable bonds is 1. The molecule has 0 aliphatic carbocycles. The molecule has 0 spiro atoms. The molecule has 0 bridgehead atoms. The zero-order chi connectivity index (χ0) is 13.6. The molecule has 0 amide bonds. The van der Waals surface area contributed by atoms with Crippen molar-refractivity contribution in [2.45, 2.75) is 18.9 Å². The Morgan fingerprint density at radius 1 is 1.17 bits per heavy atom. The van der Waals surface area contributed by atoms with Gasteiger partial charge in [0.15, 0.2) is 0 Å². The zero-order valence-electron chi connectivity index (χ0n) is 9.74. The molecule has 1 saturated heterocycles. The first-order valence-electron chi connectivity index (χ1n) is 5.15. The van der Waals surface area contributed by atoms with E-state index >= 15 is 0 Å². The molecule has 18 heavy (non-hydrogen) atoms. The van der Waals surface area contributed by atoms with Crippen molar-refractivity contribution in [3.05, 3.63) is 14.7 Å². The molecule has 2 rings (SSSR count). The molecule has 1 aliphatic heterocycles. The van der Waals surface area contributed by atoms with Gasteiger partial charge in [0.1, 0.15) is 13.1 Å². The Morgan fingerprint density at radius 2 is 1.61 bits per heavy atom.